The number of benzene rings is 7. The number of Topliss-reactive ketones (excluding diaryl/α,β-unsaturated/α-hetero) is 1. The lowest BCUT2D eigenvalue weighted by atomic mass is 10.00. The molecule has 6 bridgehead atoms. The highest BCUT2D eigenvalue weighted by Crippen LogP contribution is 2.54. The first-order valence-electron chi connectivity index (χ1n) is 44.4. The van der Waals surface area contributed by atoms with Crippen molar-refractivity contribution in [2.45, 2.75) is 220 Å². The monoisotopic (exact) mass is 2020 g/mol. The van der Waals surface area contributed by atoms with Crippen LogP contribution in [0, 0.1) is 17.8 Å². The summed E-state index contributed by atoms with van der Waals surface area (Å²) in [6, 6.07) is 39.5. The van der Waals surface area contributed by atoms with Crippen LogP contribution >= 0.6 is 101 Å². The summed E-state index contributed by atoms with van der Waals surface area (Å²) in [6.45, 7) is 0.928. The van der Waals surface area contributed by atoms with E-state index in [0.29, 0.717) is 112 Å². The maximum Gasteiger partial charge on any atom is 0.313 e. The minimum absolute atomic E-state index is 0.0448. The van der Waals surface area contributed by atoms with Gasteiger partial charge in [0.1, 0.15) is 34.4 Å². The Hall–Kier alpha value is -9.29. The number of rotatable bonds is 21. The van der Waals surface area contributed by atoms with Crippen LogP contribution in [0.1, 0.15) is 227 Å². The topological polar surface area (TPSA) is 320 Å². The molecule has 23 rings (SSSR count). The predicted octanol–water partition coefficient (Wildman–Crippen LogP) is 22.0. The van der Waals surface area contributed by atoms with Gasteiger partial charge in [0, 0.05) is 102 Å². The minimum Gasteiger partial charge on any atom is -0.481 e. The lowest BCUT2D eigenvalue weighted by molar-refractivity contribution is -0.143. The molecule has 3 N–H and O–H groups in total. The molecular weight excluding hydrogens is 1930 g/mol. The van der Waals surface area contributed by atoms with Crippen molar-refractivity contribution in [2.24, 2.45) is 17.8 Å². The molecule has 13 atom stereocenters. The van der Waals surface area contributed by atoms with Gasteiger partial charge in [-0.05, 0) is 239 Å². The third kappa shape index (κ3) is 18.1. The van der Waals surface area contributed by atoms with Crippen LogP contribution in [0.3, 0.4) is 0 Å². The molecule has 6 saturated carbocycles. The molecule has 10 aliphatic carbocycles. The summed E-state index contributed by atoms with van der Waals surface area (Å²) in [6.07, 6.45) is 15.6. The number of anilines is 2. The van der Waals surface area contributed by atoms with Gasteiger partial charge in [-0.25, -0.2) is 0 Å². The Morgan fingerprint density at radius 2 is 0.802 bits per heavy atom. The molecule has 10 aromatic rings. The minimum atomic E-state index is -0.931. The zero-order valence-electron chi connectivity index (χ0n) is 71.1. The Labute approximate surface area is 800 Å². The molecule has 9 fully saturated rings. The van der Waals surface area contributed by atoms with E-state index in [0.717, 1.165) is 191 Å². The number of nitrogens with zero attached hydrogens (tertiary/aromatic N) is 5. The molecule has 13 aliphatic rings. The molecule has 6 heterocycles. The van der Waals surface area contributed by atoms with Gasteiger partial charge in [-0.1, -0.05) is 159 Å². The van der Waals surface area contributed by atoms with Crippen LogP contribution < -0.4 is 15.1 Å². The van der Waals surface area contributed by atoms with E-state index in [1.54, 1.807) is 72.8 Å². The van der Waals surface area contributed by atoms with E-state index in [1.807, 2.05) is 52.3 Å². The summed E-state index contributed by atoms with van der Waals surface area (Å²) >= 11 is 45.4. The number of hydrogen-bond acceptors (Lipinski definition) is 19. The molecule has 3 aromatic heterocycles. The van der Waals surface area contributed by atoms with Gasteiger partial charge >= 0.3 is 23.9 Å². The predicted molar refractivity (Wildman–Crippen MR) is 496 cm³/mol. The normalized spacial score (nSPS) is 24.6. The Kier molecular flexibility index (Phi) is 26.3. The number of carboxylic acid groups (broad SMARTS) is 2. The highest BCUT2D eigenvalue weighted by Gasteiger charge is 2.55. The average Bonchev–Trinajstić information content (AvgIpc) is 1.59. The Bertz CT molecular complexity index is 6190. The molecule has 3 amide bonds. The van der Waals surface area contributed by atoms with Crippen LogP contribution in [0.5, 0.6) is 0 Å². The molecule has 3 aliphatic heterocycles. The number of aliphatic carboxylic acids is 2. The number of aryl methyl sites for hydroxylation is 3. The summed E-state index contributed by atoms with van der Waals surface area (Å²) < 4.78 is 47.8. The van der Waals surface area contributed by atoms with Crippen molar-refractivity contribution in [3.05, 3.63) is 245 Å². The third-order valence-electron chi connectivity index (χ3n) is 28.0. The zero-order chi connectivity index (χ0) is 91.2. The largest absolute Gasteiger partial charge is 0.481 e. The van der Waals surface area contributed by atoms with E-state index in [1.165, 1.54) is 19.8 Å². The number of esters is 2. The van der Waals surface area contributed by atoms with E-state index in [9.17, 15) is 43.5 Å². The van der Waals surface area contributed by atoms with Crippen LogP contribution in [-0.4, -0.2) is 124 Å². The number of halogens is 8. The second-order valence-corrected chi connectivity index (χ2v) is 40.2. The van der Waals surface area contributed by atoms with Gasteiger partial charge in [0.2, 0.25) is 17.7 Å². The SMILES string of the molecule is COC(=O)C1CCc2cc(Br)ccc21.COC(=O)C1CCc2cc(N3C(=O)[C@@H]4C[C@H]3C[C@H]4OCc3c(-c4c(Cl)cccc4Cl)noc3C3CC3)ccc21.O=C(O)C1CCc2cc(N3C(=O)[C@@H]4C[C@H]3C[C@H]4OCc3c(-c4c(Cl)cccc4Cl)noc3C3CC3)ccc21.O=C1CC(C(=O)O)c2ccc(Br)cc21.O=C1N[C@@H]2C[C@@H](OCc3c(-c4c(Cl)cccc4Cl)noc3C3CC3)[C@H]1C2. The highest BCUT2D eigenvalue weighted by molar-refractivity contribution is 9.10. The lowest BCUT2D eigenvalue weighted by Gasteiger charge is -2.32. The molecular formula is C99H90Br2Cl6N6O18. The smallest absolute Gasteiger partial charge is 0.313 e. The number of amides is 3. The molecule has 680 valence electrons. The summed E-state index contributed by atoms with van der Waals surface area (Å²) in [7, 11) is 2.87. The first-order chi connectivity index (χ1) is 63.3. The van der Waals surface area contributed by atoms with Gasteiger partial charge in [-0.2, -0.15) is 0 Å². The summed E-state index contributed by atoms with van der Waals surface area (Å²) in [5.74, 6) is -0.110. The van der Waals surface area contributed by atoms with Crippen molar-refractivity contribution in [3.63, 3.8) is 0 Å². The van der Waals surface area contributed by atoms with Gasteiger partial charge in [-0.15, -0.1) is 0 Å². The fourth-order valence-electron chi connectivity index (χ4n) is 21.1. The molecule has 7 aromatic carbocycles. The first-order valence-corrected chi connectivity index (χ1v) is 48.2. The third-order valence-corrected chi connectivity index (χ3v) is 30.9. The number of carbonyl (C=O) groups is 8. The molecule has 3 saturated heterocycles. The maximum atomic E-state index is 13.5. The van der Waals surface area contributed by atoms with Gasteiger partial charge in [0.25, 0.3) is 0 Å². The standard InChI is InChI=1S/C30H28Cl2N2O5.C29H26Cl2N2O5.C19H18Cl2N2O3.C11H11BrO2.C10H7BrO3/c1-37-30(36)20-9-7-16-11-17(8-10-19(16)20)34-18-12-21(29(34)35)25(13-18)38-14-22-27(33-39-28(22)15-5-6-15)26-23(31)3-2-4-24(26)32;30-22-2-1-3-23(31)25(22)26-21(27(38-32-26)14-4-5-14)13-37-24-12-17-11-20(24)28(34)33(17)16-7-9-18-15(10-16)6-8-19(18)29(35)36;20-13-2-1-3-14(21)16(13)17-12(18(26-23-17)9-4-5-9)8-25-15-7-10-6-11(15)19(24)22-10;1-14-11(13)10-4-2-7-6-8(12)3-5-9(7)10;11-5-1-2-6-7(3-5)9(12)4-8(6)10(13)14/h2-4,8,10-11,15,18,20-21,25H,5-7,9,12-14H2,1H3;1-3,7,9-10,14,17,19-20,24H,4-6,8,11-13H2,(H,35,36);1-3,9-11,15H,4-8H2,(H,22,24);3,5-6,10H,2,4H2,1H3;1-3,8H,4H2,(H,13,14)/t18-,20?,21+,25+;17-,19?,20+,24+;10-,11+,15+;;/m000../s1. The number of fused-ring (bicyclic) bond motifs is 10. The van der Waals surface area contributed by atoms with E-state index in [4.69, 9.17) is 112 Å². The van der Waals surface area contributed by atoms with Gasteiger partial charge in [0.15, 0.2) is 5.78 Å². The fourth-order valence-corrected chi connectivity index (χ4v) is 23.6. The molecule has 0 spiro atoms. The molecule has 32 heteroatoms. The molecule has 24 nitrogen and oxygen atoms in total. The van der Waals surface area contributed by atoms with Gasteiger partial charge in [0.05, 0.1) is 124 Å². The molecule has 131 heavy (non-hydrogen) atoms. The quantitative estimate of drug-likeness (QED) is 0.0563. The number of carbonyl (C=O) groups excluding carboxylic acids is 6. The maximum absolute atomic E-state index is 13.5. The van der Waals surface area contributed by atoms with Crippen molar-refractivity contribution >= 4 is 160 Å². The van der Waals surface area contributed by atoms with Crippen molar-refractivity contribution in [2.75, 3.05) is 24.0 Å². The van der Waals surface area contributed by atoms with Crippen molar-refractivity contribution in [3.8, 4) is 33.8 Å². The van der Waals surface area contributed by atoms with Crippen LogP contribution in [-0.2, 0) is 96.3 Å². The zero-order valence-corrected chi connectivity index (χ0v) is 78.8. The highest BCUT2D eigenvalue weighted by atomic mass is 79.9. The summed E-state index contributed by atoms with van der Waals surface area (Å²) in [5.41, 5.74) is 15.8. The number of aromatic nitrogens is 3. The van der Waals surface area contributed by atoms with Crippen LogP contribution in [0.25, 0.3) is 33.8 Å². The number of methoxy groups -OCH3 is 2. The average molecular weight is 2020 g/mol. The summed E-state index contributed by atoms with van der Waals surface area (Å²) in [5, 5.41) is 37.4. The van der Waals surface area contributed by atoms with Crippen LogP contribution in [0.15, 0.2) is 150 Å². The second-order valence-electron chi connectivity index (χ2n) is 36.0. The van der Waals surface area contributed by atoms with Gasteiger partial charge in [-0.3, -0.25) is 38.4 Å². The van der Waals surface area contributed by atoms with E-state index < -0.39 is 23.8 Å². The number of ketones is 1. The Balaban J connectivity index is 0.000000112. The van der Waals surface area contributed by atoms with Crippen molar-refractivity contribution < 1.29 is 85.8 Å². The summed E-state index contributed by atoms with van der Waals surface area (Å²) in [4.78, 5) is 100. The molecule has 0 radical (unpaired) electrons. The van der Waals surface area contributed by atoms with Gasteiger partial charge < -0.3 is 62.6 Å². The first kappa shape index (κ1) is 90.9. The van der Waals surface area contributed by atoms with E-state index in [2.05, 4.69) is 64.8 Å². The fraction of sp³-hybridized carbons (Fsp3) is 0.404. The lowest BCUT2D eigenvalue weighted by Crippen LogP contribution is -2.43. The van der Waals surface area contributed by atoms with E-state index in [-0.39, 0.29) is 114 Å². The Morgan fingerprint density at radius 1 is 0.435 bits per heavy atom. The van der Waals surface area contributed by atoms with Crippen LogP contribution in [0.4, 0.5) is 11.4 Å². The van der Waals surface area contributed by atoms with Crippen LogP contribution in [0.2, 0.25) is 30.1 Å². The number of nitrogens with one attached hydrogen (secondary N) is 1. The van der Waals surface area contributed by atoms with E-state index >= 15 is 0 Å². The second kappa shape index (κ2) is 37.9. The van der Waals surface area contributed by atoms with Crippen molar-refractivity contribution in [1.29, 1.82) is 0 Å². The van der Waals surface area contributed by atoms with Crippen molar-refractivity contribution in [1.82, 2.24) is 20.8 Å². The Morgan fingerprint density at radius 3 is 1.18 bits per heavy atom. The number of hydrogen-bond donors (Lipinski definition) is 3. The number of piperidine rings is 3. The number of carboxylic acids is 2. The molecule has 4 unspecified atom stereocenters. The number of ether oxygens (including phenoxy) is 5.